The molecule has 2 fully saturated rings. The number of pyridine rings is 1. The molecule has 5 heterocycles. The quantitative estimate of drug-likeness (QED) is 0.355. The highest BCUT2D eigenvalue weighted by atomic mass is 19.1. The van der Waals surface area contributed by atoms with E-state index in [0.717, 1.165) is 19.4 Å². The Morgan fingerprint density at radius 3 is 2.83 bits per heavy atom. The van der Waals surface area contributed by atoms with Gasteiger partial charge >= 0.3 is 6.01 Å². The van der Waals surface area contributed by atoms with Gasteiger partial charge in [-0.15, -0.1) is 0 Å². The number of phenolic OH excluding ortho intramolecular Hbond substituents is 1. The van der Waals surface area contributed by atoms with E-state index >= 15 is 4.39 Å². The smallest absolute Gasteiger partial charge is 0.319 e. The van der Waals surface area contributed by atoms with Crippen LogP contribution in [-0.2, 0) is 6.42 Å². The van der Waals surface area contributed by atoms with Crippen LogP contribution in [0.25, 0.3) is 32.9 Å². The predicted molar refractivity (Wildman–Crippen MR) is 149 cm³/mol. The van der Waals surface area contributed by atoms with Crippen LogP contribution in [0.2, 0.25) is 0 Å². The van der Waals surface area contributed by atoms with Gasteiger partial charge in [-0.3, -0.25) is 4.90 Å². The van der Waals surface area contributed by atoms with Gasteiger partial charge in [-0.05, 0) is 60.3 Å². The van der Waals surface area contributed by atoms with Crippen molar-refractivity contribution >= 4 is 27.5 Å². The molecule has 214 valence electrons. The van der Waals surface area contributed by atoms with Crippen molar-refractivity contribution in [1.82, 2.24) is 19.9 Å². The van der Waals surface area contributed by atoms with Crippen LogP contribution in [0.15, 0.2) is 24.3 Å². The number of aryl methyl sites for hydroxylation is 1. The molecule has 0 bridgehead atoms. The molecular weight excluding hydrogens is 535 g/mol. The zero-order chi connectivity index (χ0) is 28.5. The minimum atomic E-state index is -0.909. The van der Waals surface area contributed by atoms with E-state index in [2.05, 4.69) is 19.9 Å². The lowest BCUT2D eigenvalue weighted by molar-refractivity contribution is 0.107. The van der Waals surface area contributed by atoms with Crippen LogP contribution in [0, 0.1) is 11.6 Å². The van der Waals surface area contributed by atoms with Crippen LogP contribution in [0.5, 0.6) is 17.6 Å². The molecular formula is C30H30F3N5O3. The van der Waals surface area contributed by atoms with Gasteiger partial charge in [0.05, 0.1) is 12.1 Å². The minimum absolute atomic E-state index is 0.0205. The van der Waals surface area contributed by atoms with Crippen molar-refractivity contribution in [2.75, 3.05) is 44.8 Å². The van der Waals surface area contributed by atoms with Gasteiger partial charge in [0.25, 0.3) is 0 Å². The molecule has 3 aliphatic rings. The molecule has 2 atom stereocenters. The standard InChI is InChI=1S/C30H30F3N5O3/c1-3-19-21(32)6-5-16-11-18(39)12-20(22(16)19)25-24(33)26-23-27(37(2)9-10-40-28(23)34-25)36-29(35-26)41-15-30-7-4-8-38(30)14-17(31)13-30/h5-6,11-12,17,39H,3-4,7-10,13-15H2,1-2H3/t17-,30+/m1/s1. The van der Waals surface area contributed by atoms with E-state index in [-0.39, 0.29) is 47.6 Å². The number of benzene rings is 2. The van der Waals surface area contributed by atoms with Crippen LogP contribution in [0.3, 0.4) is 0 Å². The lowest BCUT2D eigenvalue weighted by atomic mass is 9.94. The fourth-order valence-electron chi connectivity index (χ4n) is 6.79. The molecule has 7 rings (SSSR count). The van der Waals surface area contributed by atoms with E-state index in [4.69, 9.17) is 9.47 Å². The van der Waals surface area contributed by atoms with Crippen molar-refractivity contribution in [3.63, 3.8) is 0 Å². The van der Waals surface area contributed by atoms with E-state index in [1.54, 1.807) is 6.07 Å². The zero-order valence-electron chi connectivity index (χ0n) is 22.9. The van der Waals surface area contributed by atoms with Crippen LogP contribution in [0.4, 0.5) is 19.0 Å². The largest absolute Gasteiger partial charge is 0.508 e. The highest BCUT2D eigenvalue weighted by Gasteiger charge is 2.49. The summed E-state index contributed by atoms with van der Waals surface area (Å²) < 4.78 is 57.9. The number of aromatic nitrogens is 3. The number of hydrogen-bond donors (Lipinski definition) is 1. The van der Waals surface area contributed by atoms with Gasteiger partial charge in [0.15, 0.2) is 5.82 Å². The summed E-state index contributed by atoms with van der Waals surface area (Å²) in [7, 11) is 1.82. The summed E-state index contributed by atoms with van der Waals surface area (Å²) in [6.07, 6.45) is 1.61. The van der Waals surface area contributed by atoms with Gasteiger partial charge in [0, 0.05) is 25.6 Å². The molecule has 0 unspecified atom stereocenters. The number of phenols is 1. The average molecular weight is 566 g/mol. The zero-order valence-corrected chi connectivity index (χ0v) is 22.9. The van der Waals surface area contributed by atoms with Gasteiger partial charge in [-0.2, -0.15) is 9.97 Å². The molecule has 0 saturated carbocycles. The Labute approximate surface area is 234 Å². The van der Waals surface area contributed by atoms with Crippen LogP contribution in [-0.4, -0.2) is 76.6 Å². The van der Waals surface area contributed by atoms with Crippen molar-refractivity contribution in [1.29, 1.82) is 0 Å². The molecule has 41 heavy (non-hydrogen) atoms. The number of ether oxygens (including phenoxy) is 2. The van der Waals surface area contributed by atoms with Crippen LogP contribution < -0.4 is 14.4 Å². The van der Waals surface area contributed by atoms with Crippen molar-refractivity contribution in [2.24, 2.45) is 0 Å². The van der Waals surface area contributed by atoms with Crippen molar-refractivity contribution in [2.45, 2.75) is 44.3 Å². The summed E-state index contributed by atoms with van der Waals surface area (Å²) in [6.45, 7) is 3.94. The first-order valence-corrected chi connectivity index (χ1v) is 14.0. The molecule has 2 saturated heterocycles. The molecule has 0 spiro atoms. The lowest BCUT2D eigenvalue weighted by Gasteiger charge is -2.31. The molecule has 1 N–H and O–H groups in total. The topological polar surface area (TPSA) is 83.8 Å². The minimum Gasteiger partial charge on any atom is -0.508 e. The predicted octanol–water partition coefficient (Wildman–Crippen LogP) is 5.18. The van der Waals surface area contributed by atoms with Gasteiger partial charge in [-0.25, -0.2) is 18.2 Å². The van der Waals surface area contributed by atoms with Crippen molar-refractivity contribution in [3.05, 3.63) is 41.5 Å². The van der Waals surface area contributed by atoms with Gasteiger partial charge in [0.2, 0.25) is 5.88 Å². The van der Waals surface area contributed by atoms with E-state index < -0.39 is 23.3 Å². The molecule has 0 radical (unpaired) electrons. The average Bonchev–Trinajstić information content (AvgIpc) is 3.42. The van der Waals surface area contributed by atoms with Crippen molar-refractivity contribution < 1.29 is 27.8 Å². The number of rotatable bonds is 5. The maximum absolute atomic E-state index is 16.6. The number of halogens is 3. The Kier molecular flexibility index (Phi) is 6.11. The molecule has 2 aromatic heterocycles. The summed E-state index contributed by atoms with van der Waals surface area (Å²) in [6, 6.07) is 5.77. The molecule has 0 aliphatic carbocycles. The maximum Gasteiger partial charge on any atom is 0.319 e. The van der Waals surface area contributed by atoms with Crippen LogP contribution in [0.1, 0.15) is 31.7 Å². The number of alkyl halides is 1. The normalized spacial score (nSPS) is 22.3. The van der Waals surface area contributed by atoms with Gasteiger partial charge < -0.3 is 19.5 Å². The third-order valence-corrected chi connectivity index (χ3v) is 8.73. The number of likely N-dealkylation sites (N-methyl/N-ethyl adjacent to an activating group) is 1. The number of fused-ring (bicyclic) bond motifs is 2. The molecule has 4 aromatic rings. The monoisotopic (exact) mass is 565 g/mol. The molecule has 0 amide bonds. The molecule has 11 heteroatoms. The molecule has 3 aliphatic heterocycles. The highest BCUT2D eigenvalue weighted by molar-refractivity contribution is 6.03. The second-order valence-corrected chi connectivity index (χ2v) is 11.2. The van der Waals surface area contributed by atoms with Gasteiger partial charge in [0.1, 0.15) is 53.4 Å². The lowest BCUT2D eigenvalue weighted by Crippen LogP contribution is -2.43. The maximum atomic E-state index is 16.6. The summed E-state index contributed by atoms with van der Waals surface area (Å²) in [5, 5.41) is 11.8. The Hall–Kier alpha value is -3.86. The van der Waals surface area contributed by atoms with E-state index in [1.165, 1.54) is 18.2 Å². The number of nitrogens with zero attached hydrogens (tertiary/aromatic N) is 5. The number of hydrogen-bond acceptors (Lipinski definition) is 8. The van der Waals surface area contributed by atoms with E-state index in [1.807, 2.05) is 18.9 Å². The Balaban J connectivity index is 1.41. The second kappa shape index (κ2) is 9.61. The van der Waals surface area contributed by atoms with E-state index in [0.29, 0.717) is 53.5 Å². The first-order valence-electron chi connectivity index (χ1n) is 14.0. The SMILES string of the molecule is CCc1c(F)ccc2cc(O)cc(-c3nc4c5c(nc(OC[C@@]67CCCN6C[C@H](F)C7)nc5c3F)N(C)CCO4)c12. The number of aromatic hydroxyl groups is 1. The summed E-state index contributed by atoms with van der Waals surface area (Å²) in [5.74, 6) is -0.742. The fourth-order valence-corrected chi connectivity index (χ4v) is 6.79. The Morgan fingerprint density at radius 1 is 1.15 bits per heavy atom. The van der Waals surface area contributed by atoms with Crippen LogP contribution >= 0.6 is 0 Å². The summed E-state index contributed by atoms with van der Waals surface area (Å²) in [4.78, 5) is 17.6. The third kappa shape index (κ3) is 4.12. The highest BCUT2D eigenvalue weighted by Crippen LogP contribution is 2.43. The molecule has 2 aromatic carbocycles. The first-order chi connectivity index (χ1) is 19.8. The Morgan fingerprint density at radius 2 is 2.00 bits per heavy atom. The fraction of sp³-hybridized carbons (Fsp3) is 0.433. The third-order valence-electron chi connectivity index (χ3n) is 8.73. The molecule has 8 nitrogen and oxygen atoms in total. The summed E-state index contributed by atoms with van der Waals surface area (Å²) in [5.41, 5.74) is 0.0255. The Bertz CT molecular complexity index is 1700. The number of anilines is 1. The summed E-state index contributed by atoms with van der Waals surface area (Å²) >= 11 is 0. The first kappa shape index (κ1) is 26.1. The van der Waals surface area contributed by atoms with Crippen molar-refractivity contribution in [3.8, 4) is 28.9 Å². The second-order valence-electron chi connectivity index (χ2n) is 11.2. The van der Waals surface area contributed by atoms with Gasteiger partial charge in [-0.1, -0.05) is 13.0 Å². The van der Waals surface area contributed by atoms with E-state index in [9.17, 15) is 13.9 Å².